The monoisotopic (exact) mass is 274 g/mol. The Bertz CT molecular complexity index is 374. The van der Waals surface area contributed by atoms with Crippen LogP contribution in [0.2, 0.25) is 0 Å². The fraction of sp³-hybridized carbons (Fsp3) is 0.562. The van der Waals surface area contributed by atoms with Crippen LogP contribution in [0.25, 0.3) is 0 Å². The smallest absolute Gasteiger partial charge is 1.00 e. The largest absolute Gasteiger partial charge is 2.00 e. The average Bonchev–Trinajstić information content (AvgIpc) is 2.39. The van der Waals surface area contributed by atoms with Gasteiger partial charge in [-0.3, -0.25) is 4.79 Å². The number of hydrogen-bond acceptors (Lipinski definition) is 1. The molecule has 19 heavy (non-hydrogen) atoms. The predicted octanol–water partition coefficient (Wildman–Crippen LogP) is 4.23. The third kappa shape index (κ3) is 5.53. The zero-order chi connectivity index (χ0) is 13.4. The zero-order valence-electron chi connectivity index (χ0n) is 14.2. The van der Waals surface area contributed by atoms with Crippen LogP contribution in [0.15, 0.2) is 30.3 Å². The van der Waals surface area contributed by atoms with Crippen molar-refractivity contribution in [2.75, 3.05) is 0 Å². The molecule has 104 valence electrons. The first-order valence-electron chi connectivity index (χ1n) is 6.90. The Morgan fingerprint density at radius 2 is 1.74 bits per heavy atom. The van der Waals surface area contributed by atoms with Crippen molar-refractivity contribution in [2.45, 2.75) is 57.8 Å². The average molecular weight is 275 g/mol. The molecule has 0 aliphatic heterocycles. The van der Waals surface area contributed by atoms with Crippen molar-refractivity contribution in [1.82, 2.24) is 0 Å². The van der Waals surface area contributed by atoms with E-state index in [1.807, 2.05) is 37.3 Å². The van der Waals surface area contributed by atoms with Gasteiger partial charge in [-0.05, 0) is 18.9 Å². The van der Waals surface area contributed by atoms with E-state index in [1.165, 1.54) is 19.3 Å². The van der Waals surface area contributed by atoms with E-state index in [-0.39, 0.29) is 25.9 Å². The molecule has 0 heterocycles. The van der Waals surface area contributed by atoms with Gasteiger partial charge in [-0.1, -0.05) is 69.4 Å². The van der Waals surface area contributed by atoms with Crippen molar-refractivity contribution < 1.29 is 12.8 Å². The van der Waals surface area contributed by atoms with Gasteiger partial charge in [-0.2, -0.15) is 0 Å². The summed E-state index contributed by atoms with van der Waals surface area (Å²) < 4.78 is 0. The van der Waals surface area contributed by atoms with Crippen LogP contribution in [0, 0.1) is 0 Å². The molecular formula is C16H26MgO2. The van der Waals surface area contributed by atoms with E-state index in [1.54, 1.807) is 0 Å². The van der Waals surface area contributed by atoms with Gasteiger partial charge < -0.3 is 7.96 Å². The zero-order valence-corrected chi connectivity index (χ0v) is 13.6. The molecule has 0 amide bonds. The van der Waals surface area contributed by atoms with Gasteiger partial charge in [-0.15, -0.1) is 0 Å². The van der Waals surface area contributed by atoms with Crippen molar-refractivity contribution >= 4 is 29.0 Å². The van der Waals surface area contributed by atoms with Crippen LogP contribution in [-0.2, 0) is 10.2 Å². The van der Waals surface area contributed by atoms with Crippen LogP contribution in [0.4, 0.5) is 0 Å². The number of aliphatic carboxylic acids is 1. The quantitative estimate of drug-likeness (QED) is 0.569. The van der Waals surface area contributed by atoms with Crippen LogP contribution in [0.3, 0.4) is 0 Å². The number of rotatable bonds is 8. The van der Waals surface area contributed by atoms with E-state index in [0.29, 0.717) is 0 Å². The summed E-state index contributed by atoms with van der Waals surface area (Å²) in [6, 6.07) is 9.58. The molecule has 0 aliphatic rings. The van der Waals surface area contributed by atoms with E-state index in [9.17, 15) is 9.90 Å². The number of carbonyl (C=O) groups is 1. The SMILES string of the molecule is CCCCCCCC(C)(C(=O)O)c1ccccc1.[H-].[H-].[Mg+2]. The normalized spacial score (nSPS) is 13.4. The first-order valence-corrected chi connectivity index (χ1v) is 6.90. The summed E-state index contributed by atoms with van der Waals surface area (Å²) in [5.41, 5.74) is 0.168. The van der Waals surface area contributed by atoms with E-state index in [4.69, 9.17) is 0 Å². The van der Waals surface area contributed by atoms with Crippen LogP contribution < -0.4 is 0 Å². The maximum absolute atomic E-state index is 11.5. The summed E-state index contributed by atoms with van der Waals surface area (Å²) in [5.74, 6) is -0.718. The first kappa shape index (κ1) is 18.5. The van der Waals surface area contributed by atoms with Crippen molar-refractivity contribution in [3.63, 3.8) is 0 Å². The fourth-order valence-electron chi connectivity index (χ4n) is 2.26. The van der Waals surface area contributed by atoms with E-state index >= 15 is 0 Å². The molecule has 0 saturated carbocycles. The van der Waals surface area contributed by atoms with Gasteiger partial charge in [0.25, 0.3) is 0 Å². The molecule has 1 aromatic rings. The molecule has 0 aromatic heterocycles. The van der Waals surface area contributed by atoms with Gasteiger partial charge in [0.1, 0.15) is 0 Å². The topological polar surface area (TPSA) is 37.3 Å². The fourth-order valence-corrected chi connectivity index (χ4v) is 2.26. The molecule has 0 bridgehead atoms. The van der Waals surface area contributed by atoms with Crippen molar-refractivity contribution in [3.8, 4) is 0 Å². The molecule has 1 N–H and O–H groups in total. The minimum atomic E-state index is -0.743. The van der Waals surface area contributed by atoms with Crippen molar-refractivity contribution in [2.24, 2.45) is 0 Å². The Morgan fingerprint density at radius 3 is 2.26 bits per heavy atom. The molecular weight excluding hydrogens is 248 g/mol. The van der Waals surface area contributed by atoms with Gasteiger partial charge in [0.15, 0.2) is 0 Å². The summed E-state index contributed by atoms with van der Waals surface area (Å²) in [4.78, 5) is 11.5. The van der Waals surface area contributed by atoms with Gasteiger partial charge in [-0.25, -0.2) is 0 Å². The summed E-state index contributed by atoms with van der Waals surface area (Å²) in [6.45, 7) is 4.02. The van der Waals surface area contributed by atoms with Crippen LogP contribution in [0.1, 0.15) is 60.8 Å². The molecule has 0 spiro atoms. The molecule has 1 atom stereocenters. The molecule has 3 heteroatoms. The van der Waals surface area contributed by atoms with Crippen LogP contribution in [-0.4, -0.2) is 34.1 Å². The molecule has 1 aromatic carbocycles. The Morgan fingerprint density at radius 1 is 1.16 bits per heavy atom. The van der Waals surface area contributed by atoms with Gasteiger partial charge in [0.05, 0.1) is 5.41 Å². The van der Waals surface area contributed by atoms with E-state index < -0.39 is 11.4 Å². The molecule has 0 aliphatic carbocycles. The standard InChI is InChI=1S/C16H24O2.Mg.2H/c1-3-4-5-6-10-13-16(2,15(17)18)14-11-8-7-9-12-14;;;/h7-9,11-12H,3-6,10,13H2,1-2H3,(H,17,18);;;/q;+2;2*-1. The van der Waals surface area contributed by atoms with Gasteiger partial charge in [0, 0.05) is 0 Å². The van der Waals surface area contributed by atoms with Crippen molar-refractivity contribution in [3.05, 3.63) is 35.9 Å². The minimum absolute atomic E-state index is 0. The maximum atomic E-state index is 11.5. The number of carboxylic acids is 1. The van der Waals surface area contributed by atoms with E-state index in [0.717, 1.165) is 24.8 Å². The Labute approximate surface area is 135 Å². The molecule has 0 fully saturated rings. The first-order chi connectivity index (χ1) is 8.61. The van der Waals surface area contributed by atoms with Gasteiger partial charge >= 0.3 is 29.0 Å². The number of benzene rings is 1. The Balaban J connectivity index is -0.00000108. The summed E-state index contributed by atoms with van der Waals surface area (Å²) >= 11 is 0. The molecule has 0 saturated heterocycles. The summed E-state index contributed by atoms with van der Waals surface area (Å²) in [7, 11) is 0. The third-order valence-electron chi connectivity index (χ3n) is 3.66. The second-order valence-corrected chi connectivity index (χ2v) is 5.17. The number of unbranched alkanes of at least 4 members (excludes halogenated alkanes) is 4. The minimum Gasteiger partial charge on any atom is -1.00 e. The second kappa shape index (κ2) is 9.37. The summed E-state index contributed by atoms with van der Waals surface area (Å²) in [5, 5.41) is 9.49. The van der Waals surface area contributed by atoms with Crippen molar-refractivity contribution in [1.29, 1.82) is 0 Å². The second-order valence-electron chi connectivity index (χ2n) is 5.17. The third-order valence-corrected chi connectivity index (χ3v) is 3.66. The number of carboxylic acid groups (broad SMARTS) is 1. The molecule has 1 rings (SSSR count). The molecule has 1 unspecified atom stereocenters. The van der Waals surface area contributed by atoms with Crippen LogP contribution >= 0.6 is 0 Å². The Kier molecular flexibility index (Phi) is 9.11. The maximum Gasteiger partial charge on any atom is 2.00 e. The summed E-state index contributed by atoms with van der Waals surface area (Å²) in [6.07, 6.45) is 6.50. The Hall–Kier alpha value is -0.544. The van der Waals surface area contributed by atoms with Crippen LogP contribution in [0.5, 0.6) is 0 Å². The molecule has 0 radical (unpaired) electrons. The predicted molar refractivity (Wildman–Crippen MR) is 82.8 cm³/mol. The van der Waals surface area contributed by atoms with Gasteiger partial charge in [0.2, 0.25) is 0 Å². The molecule has 2 nitrogen and oxygen atoms in total. The number of hydrogen-bond donors (Lipinski definition) is 1. The van der Waals surface area contributed by atoms with E-state index in [2.05, 4.69) is 6.92 Å².